The zero-order valence-corrected chi connectivity index (χ0v) is 17.0. The summed E-state index contributed by atoms with van der Waals surface area (Å²) in [4.78, 5) is 13.2. The van der Waals surface area contributed by atoms with Gasteiger partial charge in [0.05, 0.1) is 10.6 Å². The molecule has 0 saturated heterocycles. The number of anilines is 3. The Morgan fingerprint density at radius 2 is 2.00 bits per heavy atom. The van der Waals surface area contributed by atoms with Crippen LogP contribution in [0.5, 0.6) is 0 Å². The van der Waals surface area contributed by atoms with E-state index < -0.39 is 9.84 Å². The third-order valence-electron chi connectivity index (χ3n) is 4.36. The Kier molecular flexibility index (Phi) is 4.38. The van der Waals surface area contributed by atoms with Gasteiger partial charge >= 0.3 is 0 Å². The number of rotatable bonds is 3. The first kappa shape index (κ1) is 19.1. The number of nitrogens with one attached hydrogen (secondary N) is 1. The molecule has 0 saturated carbocycles. The predicted octanol–water partition coefficient (Wildman–Crippen LogP) is 2.95. The van der Waals surface area contributed by atoms with Gasteiger partial charge in [-0.25, -0.2) is 13.4 Å². The van der Waals surface area contributed by atoms with Crippen LogP contribution in [0.1, 0.15) is 32.2 Å². The number of nitrogens with zero attached hydrogens (tertiary/aromatic N) is 4. The minimum absolute atomic E-state index is 0.0144. The van der Waals surface area contributed by atoms with E-state index >= 15 is 0 Å². The lowest BCUT2D eigenvalue weighted by Gasteiger charge is -2.13. The summed E-state index contributed by atoms with van der Waals surface area (Å²) < 4.78 is 29.5. The van der Waals surface area contributed by atoms with Crippen LogP contribution in [0.25, 0.3) is 17.5 Å². The van der Waals surface area contributed by atoms with E-state index in [4.69, 9.17) is 10.3 Å². The Labute approximate surface area is 168 Å². The van der Waals surface area contributed by atoms with E-state index in [-0.39, 0.29) is 28.8 Å². The van der Waals surface area contributed by atoms with Crippen LogP contribution in [-0.4, -0.2) is 34.3 Å². The molecule has 3 N–H and O–H groups in total. The van der Waals surface area contributed by atoms with Gasteiger partial charge in [0.2, 0.25) is 5.95 Å². The Morgan fingerprint density at radius 1 is 1.21 bits per heavy atom. The maximum absolute atomic E-state index is 12.1. The Hall–Kier alpha value is -3.27. The molecule has 0 aliphatic carbocycles. The van der Waals surface area contributed by atoms with Gasteiger partial charge in [-0.2, -0.15) is 9.97 Å². The predicted molar refractivity (Wildman–Crippen MR) is 109 cm³/mol. The highest BCUT2D eigenvalue weighted by molar-refractivity contribution is 7.91. The lowest BCUT2D eigenvalue weighted by atomic mass is 9.96. The van der Waals surface area contributed by atoms with Crippen LogP contribution in [0.4, 0.5) is 17.5 Å². The van der Waals surface area contributed by atoms with Gasteiger partial charge in [-0.1, -0.05) is 38.1 Å². The molecule has 29 heavy (non-hydrogen) atoms. The molecule has 2 aromatic heterocycles. The highest BCUT2D eigenvalue weighted by Gasteiger charge is 2.23. The van der Waals surface area contributed by atoms with Crippen LogP contribution >= 0.6 is 0 Å². The summed E-state index contributed by atoms with van der Waals surface area (Å²) in [7, 11) is -3.27. The maximum atomic E-state index is 12.1. The zero-order valence-electron chi connectivity index (χ0n) is 16.2. The second-order valence-electron chi connectivity index (χ2n) is 7.73. The Morgan fingerprint density at radius 3 is 2.69 bits per heavy atom. The van der Waals surface area contributed by atoms with Crippen molar-refractivity contribution >= 4 is 33.4 Å². The fourth-order valence-corrected chi connectivity index (χ4v) is 4.11. The molecule has 0 bridgehead atoms. The molecule has 9 nitrogen and oxygen atoms in total. The monoisotopic (exact) mass is 412 g/mol. The van der Waals surface area contributed by atoms with E-state index in [1.165, 1.54) is 6.20 Å². The minimum atomic E-state index is -3.27. The topological polar surface area (TPSA) is 137 Å². The summed E-state index contributed by atoms with van der Waals surface area (Å²) in [5.74, 6) is 1.28. The first-order valence-electron chi connectivity index (χ1n) is 8.91. The summed E-state index contributed by atoms with van der Waals surface area (Å²) in [6.45, 7) is 5.94. The van der Waals surface area contributed by atoms with E-state index in [0.717, 1.165) is 0 Å². The molecule has 0 radical (unpaired) electrons. The maximum Gasteiger partial charge on any atom is 0.263 e. The van der Waals surface area contributed by atoms with Gasteiger partial charge in [0.1, 0.15) is 11.4 Å². The fraction of sp³-hybridized carbons (Fsp3) is 0.263. The van der Waals surface area contributed by atoms with Gasteiger partial charge < -0.3 is 15.6 Å². The fourth-order valence-electron chi connectivity index (χ4n) is 2.82. The molecule has 3 aromatic rings. The lowest BCUT2D eigenvalue weighted by molar-refractivity contribution is 0.402. The molecular weight excluding hydrogens is 392 g/mol. The van der Waals surface area contributed by atoms with Crippen molar-refractivity contribution < 1.29 is 12.9 Å². The molecule has 150 valence electrons. The SMILES string of the molecule is CC(C)(C)c1noc(-c2cnc(Nc3ccc4c(c3)C=CCS4(=O)=O)nc2N)n1. The number of sulfone groups is 1. The van der Waals surface area contributed by atoms with Crippen molar-refractivity contribution in [1.82, 2.24) is 20.1 Å². The number of hydrogen-bond acceptors (Lipinski definition) is 9. The molecule has 0 unspecified atom stereocenters. The molecule has 1 aliphatic heterocycles. The standard InChI is InChI=1S/C19H20N6O3S/c1-19(2,3)17-24-16(28-25-17)13-10-21-18(23-15(13)20)22-12-6-7-14-11(9-12)5-4-8-29(14,26)27/h4-7,9-10H,8H2,1-3H3,(H3,20,21,22,23). The van der Waals surface area contributed by atoms with Crippen molar-refractivity contribution in [3.05, 3.63) is 41.9 Å². The minimum Gasteiger partial charge on any atom is -0.383 e. The van der Waals surface area contributed by atoms with Crippen molar-refractivity contribution in [2.45, 2.75) is 31.1 Å². The summed E-state index contributed by atoms with van der Waals surface area (Å²) in [6.07, 6.45) is 4.91. The first-order valence-corrected chi connectivity index (χ1v) is 10.6. The van der Waals surface area contributed by atoms with Crippen LogP contribution in [0, 0.1) is 0 Å². The molecule has 1 aliphatic rings. The number of nitrogens with two attached hydrogens (primary N) is 1. The third kappa shape index (κ3) is 3.70. The van der Waals surface area contributed by atoms with E-state index in [0.29, 0.717) is 27.5 Å². The molecule has 0 atom stereocenters. The van der Waals surface area contributed by atoms with E-state index in [2.05, 4.69) is 25.4 Å². The van der Waals surface area contributed by atoms with Gasteiger partial charge in [-0.15, -0.1) is 0 Å². The van der Waals surface area contributed by atoms with Crippen molar-refractivity contribution in [1.29, 1.82) is 0 Å². The van der Waals surface area contributed by atoms with Crippen molar-refractivity contribution in [3.63, 3.8) is 0 Å². The van der Waals surface area contributed by atoms with Crippen LogP contribution in [0.2, 0.25) is 0 Å². The van der Waals surface area contributed by atoms with Gasteiger partial charge in [0.15, 0.2) is 15.7 Å². The lowest BCUT2D eigenvalue weighted by Crippen LogP contribution is -2.13. The van der Waals surface area contributed by atoms with Gasteiger partial charge in [0.25, 0.3) is 5.89 Å². The number of benzene rings is 1. The summed E-state index contributed by atoms with van der Waals surface area (Å²) in [6, 6.07) is 4.96. The molecule has 4 rings (SSSR count). The number of hydrogen-bond donors (Lipinski definition) is 2. The summed E-state index contributed by atoms with van der Waals surface area (Å²) in [5, 5.41) is 7.01. The van der Waals surface area contributed by atoms with Crippen molar-refractivity contribution in [2.24, 2.45) is 0 Å². The highest BCUT2D eigenvalue weighted by Crippen LogP contribution is 2.29. The highest BCUT2D eigenvalue weighted by atomic mass is 32.2. The van der Waals surface area contributed by atoms with Gasteiger partial charge in [0, 0.05) is 17.3 Å². The van der Waals surface area contributed by atoms with Crippen LogP contribution in [0.15, 0.2) is 39.9 Å². The Balaban J connectivity index is 1.60. The van der Waals surface area contributed by atoms with E-state index in [1.54, 1.807) is 30.4 Å². The van der Waals surface area contributed by atoms with Crippen molar-refractivity contribution in [3.8, 4) is 11.5 Å². The number of fused-ring (bicyclic) bond motifs is 1. The largest absolute Gasteiger partial charge is 0.383 e. The smallest absolute Gasteiger partial charge is 0.263 e. The average Bonchev–Trinajstić information content (AvgIpc) is 3.11. The number of aromatic nitrogens is 4. The molecule has 0 fully saturated rings. The quantitative estimate of drug-likeness (QED) is 0.665. The van der Waals surface area contributed by atoms with Crippen molar-refractivity contribution in [2.75, 3.05) is 16.8 Å². The third-order valence-corrected chi connectivity index (χ3v) is 6.03. The average molecular weight is 412 g/mol. The second-order valence-corrected chi connectivity index (χ2v) is 9.73. The molecule has 10 heteroatoms. The summed E-state index contributed by atoms with van der Waals surface area (Å²) in [5.41, 5.74) is 7.51. The van der Waals surface area contributed by atoms with Crippen LogP contribution in [-0.2, 0) is 15.3 Å². The van der Waals surface area contributed by atoms with E-state index in [1.807, 2.05) is 20.8 Å². The second kappa shape index (κ2) is 6.66. The van der Waals surface area contributed by atoms with Crippen LogP contribution in [0.3, 0.4) is 0 Å². The molecule has 1 aromatic carbocycles. The van der Waals surface area contributed by atoms with Crippen LogP contribution < -0.4 is 11.1 Å². The molecule has 0 amide bonds. The zero-order chi connectivity index (χ0) is 20.8. The molecular formula is C19H20N6O3S. The summed E-state index contributed by atoms with van der Waals surface area (Å²) >= 11 is 0. The van der Waals surface area contributed by atoms with E-state index in [9.17, 15) is 8.42 Å². The first-order chi connectivity index (χ1) is 13.6. The van der Waals surface area contributed by atoms with Gasteiger partial charge in [-0.05, 0) is 23.8 Å². The Bertz CT molecular complexity index is 1220. The molecule has 0 spiro atoms. The van der Waals surface area contributed by atoms with Gasteiger partial charge in [-0.3, -0.25) is 0 Å². The number of nitrogen functional groups attached to an aromatic ring is 1. The normalized spacial score (nSPS) is 15.1. The molecule has 3 heterocycles.